The molecule has 1 atom stereocenters. The molecule has 1 fully saturated rings. The zero-order valence-corrected chi connectivity index (χ0v) is 3.60. The number of epoxide rings is 1. The van der Waals surface area contributed by atoms with Crippen molar-refractivity contribution in [2.45, 2.75) is 19.4 Å². The van der Waals surface area contributed by atoms with Gasteiger partial charge in [0.1, 0.15) is 0 Å². The molecular formula is C4H6O2. The Hall–Kier alpha value is -0.530. The van der Waals surface area contributed by atoms with Crippen molar-refractivity contribution in [1.82, 2.24) is 0 Å². The molecule has 0 radical (unpaired) electrons. The van der Waals surface area contributed by atoms with Crippen molar-refractivity contribution in [3.05, 3.63) is 0 Å². The molecule has 0 bridgehead atoms. The lowest BCUT2D eigenvalue weighted by Gasteiger charge is -1.65. The van der Waals surface area contributed by atoms with Crippen molar-refractivity contribution in [3.8, 4) is 0 Å². The molecule has 6 heavy (non-hydrogen) atoms. The van der Waals surface area contributed by atoms with Crippen LogP contribution in [0.1, 0.15) is 13.3 Å². The lowest BCUT2D eigenvalue weighted by molar-refractivity contribution is -0.117. The van der Waals surface area contributed by atoms with E-state index in [1.54, 1.807) is 0 Å². The summed E-state index contributed by atoms with van der Waals surface area (Å²) in [5, 5.41) is 0. The van der Waals surface area contributed by atoms with Gasteiger partial charge in [0.05, 0.1) is 0 Å². The van der Waals surface area contributed by atoms with Gasteiger partial charge < -0.3 is 4.74 Å². The fourth-order valence-electron chi connectivity index (χ4n) is 0.356. The third kappa shape index (κ3) is 0.379. The zero-order chi connectivity index (χ0) is 4.57. The largest absolute Gasteiger partial charge is 0.448 e. The fraction of sp³-hybridized carbons (Fsp3) is 0.750. The average Bonchev–Trinajstić information content (AvgIpc) is 2.19. The molecule has 1 aliphatic heterocycles. The maximum Gasteiger partial charge on any atom is 0.348 e. The van der Waals surface area contributed by atoms with Crippen molar-refractivity contribution in [2.24, 2.45) is 0 Å². The van der Waals surface area contributed by atoms with Crippen LogP contribution in [0.5, 0.6) is 0 Å². The van der Waals surface area contributed by atoms with E-state index in [0.29, 0.717) is 0 Å². The van der Waals surface area contributed by atoms with Crippen LogP contribution < -0.4 is 0 Å². The highest BCUT2D eigenvalue weighted by molar-refractivity contribution is 5.86. The number of carbonyl (C=O) groups is 1. The minimum absolute atomic E-state index is 0.0370. The molecule has 1 heterocycles. The van der Waals surface area contributed by atoms with Crippen molar-refractivity contribution in [2.75, 3.05) is 0 Å². The highest BCUT2D eigenvalue weighted by atomic mass is 16.6. The summed E-state index contributed by atoms with van der Waals surface area (Å²) < 4.78 is 4.43. The molecule has 2 nitrogen and oxygen atoms in total. The van der Waals surface area contributed by atoms with Crippen LogP contribution in [-0.2, 0) is 9.53 Å². The van der Waals surface area contributed by atoms with E-state index in [4.69, 9.17) is 0 Å². The van der Waals surface area contributed by atoms with Crippen molar-refractivity contribution in [3.63, 3.8) is 0 Å². The monoisotopic (exact) mass is 86.0 g/mol. The first-order valence-corrected chi connectivity index (χ1v) is 2.05. The second kappa shape index (κ2) is 0.965. The fourth-order valence-corrected chi connectivity index (χ4v) is 0.356. The molecule has 0 aliphatic carbocycles. The summed E-state index contributed by atoms with van der Waals surface area (Å²) in [5.41, 5.74) is 0. The van der Waals surface area contributed by atoms with Crippen molar-refractivity contribution < 1.29 is 9.53 Å². The summed E-state index contributed by atoms with van der Waals surface area (Å²) in [7, 11) is 0. The maximum absolute atomic E-state index is 9.90. The normalized spacial score (nSPS) is 29.5. The molecule has 0 amide bonds. The first kappa shape index (κ1) is 3.65. The molecule has 0 spiro atoms. The molecule has 0 aromatic heterocycles. The van der Waals surface area contributed by atoms with E-state index in [1.165, 1.54) is 0 Å². The van der Waals surface area contributed by atoms with Crippen LogP contribution in [0.3, 0.4) is 0 Å². The Balaban J connectivity index is 2.26. The second-order valence-corrected chi connectivity index (χ2v) is 1.33. The van der Waals surface area contributed by atoms with E-state index >= 15 is 0 Å². The van der Waals surface area contributed by atoms with Gasteiger partial charge >= 0.3 is 5.97 Å². The summed E-state index contributed by atoms with van der Waals surface area (Å²) in [5.74, 6) is -0.0440. The summed E-state index contributed by atoms with van der Waals surface area (Å²) in [6, 6.07) is 0. The first-order chi connectivity index (χ1) is 2.84. The lowest BCUT2D eigenvalue weighted by Crippen LogP contribution is -1.78. The summed E-state index contributed by atoms with van der Waals surface area (Å²) in [6.45, 7) is 1.93. The Kier molecular flexibility index (Phi) is 0.587. The molecule has 34 valence electrons. The van der Waals surface area contributed by atoms with Gasteiger partial charge in [-0.1, -0.05) is 6.92 Å². The van der Waals surface area contributed by atoms with E-state index in [1.807, 2.05) is 6.92 Å². The molecule has 0 N–H and O–H groups in total. The van der Waals surface area contributed by atoms with Crippen LogP contribution in [0.25, 0.3) is 0 Å². The third-order valence-electron chi connectivity index (χ3n) is 0.835. The molecular weight excluding hydrogens is 80.0 g/mol. The standard InChI is InChI=1S/C4H6O2/c1-2-3-4(5)6-3/h3H,2H2,1H3/t3-/m1/s1. The highest BCUT2D eigenvalue weighted by Crippen LogP contribution is 2.14. The lowest BCUT2D eigenvalue weighted by atomic mass is 10.4. The van der Waals surface area contributed by atoms with Crippen LogP contribution in [0.15, 0.2) is 0 Å². The van der Waals surface area contributed by atoms with Gasteiger partial charge in [-0.3, -0.25) is 0 Å². The van der Waals surface area contributed by atoms with Gasteiger partial charge in [-0.05, 0) is 6.42 Å². The maximum atomic E-state index is 9.90. The number of carbonyl (C=O) groups excluding carboxylic acids is 1. The highest BCUT2D eigenvalue weighted by Gasteiger charge is 2.35. The molecule has 1 saturated heterocycles. The number of cyclic esters (lactones) is 1. The van der Waals surface area contributed by atoms with Crippen LogP contribution in [0, 0.1) is 0 Å². The molecule has 0 aromatic carbocycles. The Morgan fingerprint density at radius 3 is 2.50 bits per heavy atom. The van der Waals surface area contributed by atoms with Crippen molar-refractivity contribution >= 4 is 5.97 Å². The minimum Gasteiger partial charge on any atom is -0.448 e. The smallest absolute Gasteiger partial charge is 0.348 e. The van der Waals surface area contributed by atoms with Gasteiger partial charge in [0, 0.05) is 0 Å². The third-order valence-corrected chi connectivity index (χ3v) is 0.835. The number of hydrogen-bond acceptors (Lipinski definition) is 2. The minimum atomic E-state index is -0.0440. The predicted molar refractivity (Wildman–Crippen MR) is 20.2 cm³/mol. The van der Waals surface area contributed by atoms with Crippen LogP contribution in [0.4, 0.5) is 0 Å². The molecule has 0 aromatic rings. The first-order valence-electron chi connectivity index (χ1n) is 2.05. The topological polar surface area (TPSA) is 29.6 Å². The Labute approximate surface area is 36.1 Å². The Morgan fingerprint density at radius 2 is 2.50 bits per heavy atom. The molecule has 0 saturated carbocycles. The molecule has 2 heteroatoms. The van der Waals surface area contributed by atoms with E-state index in [9.17, 15) is 4.79 Å². The zero-order valence-electron chi connectivity index (χ0n) is 3.60. The van der Waals surface area contributed by atoms with Gasteiger partial charge in [-0.15, -0.1) is 0 Å². The second-order valence-electron chi connectivity index (χ2n) is 1.33. The van der Waals surface area contributed by atoms with E-state index < -0.39 is 0 Å². The van der Waals surface area contributed by atoms with Crippen LogP contribution >= 0.6 is 0 Å². The molecule has 1 rings (SSSR count). The summed E-state index contributed by atoms with van der Waals surface area (Å²) in [4.78, 5) is 9.90. The van der Waals surface area contributed by atoms with Crippen LogP contribution in [0.2, 0.25) is 0 Å². The van der Waals surface area contributed by atoms with Gasteiger partial charge in [-0.2, -0.15) is 0 Å². The SMILES string of the molecule is CC[C@H]1OC1=O. The van der Waals surface area contributed by atoms with Gasteiger partial charge in [0.25, 0.3) is 0 Å². The Morgan fingerprint density at radius 1 is 2.00 bits per heavy atom. The van der Waals surface area contributed by atoms with Gasteiger partial charge in [-0.25, -0.2) is 4.79 Å². The predicted octanol–water partition coefficient (Wildman–Crippen LogP) is 0.322. The van der Waals surface area contributed by atoms with E-state index in [-0.39, 0.29) is 12.1 Å². The van der Waals surface area contributed by atoms with Gasteiger partial charge in [0.2, 0.25) is 0 Å². The van der Waals surface area contributed by atoms with Crippen LogP contribution in [-0.4, -0.2) is 12.1 Å². The molecule has 1 aliphatic rings. The summed E-state index contributed by atoms with van der Waals surface area (Å²) >= 11 is 0. The number of rotatable bonds is 1. The quantitative estimate of drug-likeness (QED) is 0.430. The summed E-state index contributed by atoms with van der Waals surface area (Å²) in [6.07, 6.45) is 0.795. The van der Waals surface area contributed by atoms with E-state index in [2.05, 4.69) is 4.74 Å². The van der Waals surface area contributed by atoms with E-state index in [0.717, 1.165) is 6.42 Å². The van der Waals surface area contributed by atoms with Gasteiger partial charge in [0.15, 0.2) is 6.10 Å². The number of hydrogen-bond donors (Lipinski definition) is 0. The Bertz CT molecular complexity index is 77.6. The molecule has 0 unspecified atom stereocenters. The van der Waals surface area contributed by atoms with Crippen molar-refractivity contribution in [1.29, 1.82) is 0 Å². The average molecular weight is 86.1 g/mol. The number of ether oxygens (including phenoxy) is 1.